The molecule has 0 unspecified atom stereocenters. The third-order valence-electron chi connectivity index (χ3n) is 3.07. The van der Waals surface area contributed by atoms with Crippen LogP contribution in [-0.4, -0.2) is 27.8 Å². The smallest absolute Gasteiger partial charge is 0.354 e. The molecule has 5 nitrogen and oxygen atoms in total. The molecule has 0 aromatic carbocycles. The predicted octanol–water partition coefficient (Wildman–Crippen LogP) is 1.06. The highest BCUT2D eigenvalue weighted by Gasteiger charge is 2.49. The Morgan fingerprint density at radius 2 is 2.40 bits per heavy atom. The Hall–Kier alpha value is -1.65. The zero-order valence-electron chi connectivity index (χ0n) is 8.41. The lowest BCUT2D eigenvalue weighted by molar-refractivity contribution is 0.0687. The number of aromatic nitrogens is 1. The van der Waals surface area contributed by atoms with Gasteiger partial charge in [-0.25, -0.2) is 4.79 Å². The Morgan fingerprint density at radius 1 is 1.67 bits per heavy atom. The SMILES string of the molecule is Cn1cc2c(c1C(=O)O)NCC1(CC1)O2. The van der Waals surface area contributed by atoms with Gasteiger partial charge in [-0.05, 0) is 12.8 Å². The Labute approximate surface area is 86.6 Å². The van der Waals surface area contributed by atoms with Gasteiger partial charge in [0.15, 0.2) is 11.4 Å². The highest BCUT2D eigenvalue weighted by Crippen LogP contribution is 2.47. The Balaban J connectivity index is 2.06. The first-order valence-corrected chi connectivity index (χ1v) is 4.97. The summed E-state index contributed by atoms with van der Waals surface area (Å²) < 4.78 is 7.38. The molecule has 15 heavy (non-hydrogen) atoms. The number of carbonyl (C=O) groups is 1. The molecule has 5 heteroatoms. The van der Waals surface area contributed by atoms with Crippen LogP contribution in [-0.2, 0) is 7.05 Å². The van der Waals surface area contributed by atoms with Crippen molar-refractivity contribution >= 4 is 11.7 Å². The molecular formula is C10H12N2O3. The number of nitrogens with zero attached hydrogens (tertiary/aromatic N) is 1. The fourth-order valence-electron chi connectivity index (χ4n) is 2.04. The van der Waals surface area contributed by atoms with Crippen LogP contribution in [0.2, 0.25) is 0 Å². The van der Waals surface area contributed by atoms with Gasteiger partial charge in [0.1, 0.15) is 11.3 Å². The van der Waals surface area contributed by atoms with Crippen LogP contribution in [0, 0.1) is 0 Å². The van der Waals surface area contributed by atoms with E-state index in [-0.39, 0.29) is 11.3 Å². The third-order valence-corrected chi connectivity index (χ3v) is 3.07. The number of carboxylic acid groups (broad SMARTS) is 1. The second kappa shape index (κ2) is 2.48. The van der Waals surface area contributed by atoms with Crippen LogP contribution in [0.5, 0.6) is 5.75 Å². The van der Waals surface area contributed by atoms with Gasteiger partial charge in [0.25, 0.3) is 0 Å². The molecule has 3 rings (SSSR count). The van der Waals surface area contributed by atoms with Crippen molar-refractivity contribution < 1.29 is 14.6 Å². The lowest BCUT2D eigenvalue weighted by Gasteiger charge is -2.25. The summed E-state index contributed by atoms with van der Waals surface area (Å²) in [6, 6.07) is 0. The van der Waals surface area contributed by atoms with Gasteiger partial charge in [-0.3, -0.25) is 0 Å². The first-order chi connectivity index (χ1) is 7.11. The van der Waals surface area contributed by atoms with E-state index in [1.54, 1.807) is 17.8 Å². The molecule has 0 amide bonds. The number of aromatic carboxylic acids is 1. The van der Waals surface area contributed by atoms with Gasteiger partial charge < -0.3 is 19.7 Å². The molecule has 2 aliphatic rings. The molecular weight excluding hydrogens is 196 g/mol. The van der Waals surface area contributed by atoms with Crippen molar-refractivity contribution in [2.24, 2.45) is 7.05 Å². The lowest BCUT2D eigenvalue weighted by atomic mass is 10.2. The fourth-order valence-corrected chi connectivity index (χ4v) is 2.04. The molecule has 0 atom stereocenters. The summed E-state index contributed by atoms with van der Waals surface area (Å²) in [5.41, 5.74) is 0.826. The summed E-state index contributed by atoms with van der Waals surface area (Å²) in [6.07, 6.45) is 3.83. The van der Waals surface area contributed by atoms with E-state index in [4.69, 9.17) is 9.84 Å². The van der Waals surface area contributed by atoms with E-state index >= 15 is 0 Å². The molecule has 2 heterocycles. The molecule has 1 spiro atoms. The number of hydrogen-bond acceptors (Lipinski definition) is 3. The Morgan fingerprint density at radius 3 is 3.00 bits per heavy atom. The normalized spacial score (nSPS) is 20.3. The van der Waals surface area contributed by atoms with Gasteiger partial charge >= 0.3 is 5.97 Å². The van der Waals surface area contributed by atoms with Gasteiger partial charge in [-0.15, -0.1) is 0 Å². The van der Waals surface area contributed by atoms with E-state index in [9.17, 15) is 4.79 Å². The Kier molecular flexibility index (Phi) is 1.43. The maximum Gasteiger partial charge on any atom is 0.354 e. The van der Waals surface area contributed by atoms with Gasteiger partial charge in [0.05, 0.1) is 6.54 Å². The second-order valence-electron chi connectivity index (χ2n) is 4.27. The van der Waals surface area contributed by atoms with E-state index in [1.165, 1.54) is 0 Å². The van der Waals surface area contributed by atoms with Crippen molar-refractivity contribution in [1.29, 1.82) is 0 Å². The molecule has 1 aromatic rings. The largest absolute Gasteiger partial charge is 0.482 e. The van der Waals surface area contributed by atoms with E-state index in [0.717, 1.165) is 12.8 Å². The number of fused-ring (bicyclic) bond motifs is 1. The molecule has 1 aliphatic heterocycles. The lowest BCUT2D eigenvalue weighted by Crippen LogP contribution is -2.32. The van der Waals surface area contributed by atoms with Crippen LogP contribution in [0.3, 0.4) is 0 Å². The summed E-state index contributed by atoms with van der Waals surface area (Å²) in [5.74, 6) is -0.264. The van der Waals surface area contributed by atoms with Crippen molar-refractivity contribution in [3.63, 3.8) is 0 Å². The number of ether oxygens (including phenoxy) is 1. The van der Waals surface area contributed by atoms with E-state index in [1.807, 2.05) is 0 Å². The van der Waals surface area contributed by atoms with Crippen LogP contribution in [0.4, 0.5) is 5.69 Å². The number of carboxylic acids is 1. The molecule has 1 saturated carbocycles. The summed E-state index contributed by atoms with van der Waals surface area (Å²) in [6.45, 7) is 0.713. The standard InChI is InChI=1S/C10H12N2O3/c1-12-4-6-7(8(12)9(13)14)11-5-10(15-6)2-3-10/h4,11H,2-3,5H2,1H3,(H,13,14). The second-order valence-corrected chi connectivity index (χ2v) is 4.27. The first-order valence-electron chi connectivity index (χ1n) is 4.97. The number of rotatable bonds is 1. The van der Waals surface area contributed by atoms with Crippen molar-refractivity contribution in [1.82, 2.24) is 4.57 Å². The van der Waals surface area contributed by atoms with Crippen molar-refractivity contribution in [3.8, 4) is 5.75 Å². The highest BCUT2D eigenvalue weighted by molar-refractivity contribution is 5.95. The van der Waals surface area contributed by atoms with E-state index < -0.39 is 5.97 Å². The monoisotopic (exact) mass is 208 g/mol. The summed E-state index contributed by atoms with van der Waals surface area (Å²) in [4.78, 5) is 11.0. The topological polar surface area (TPSA) is 63.5 Å². The molecule has 2 N–H and O–H groups in total. The molecule has 1 aliphatic carbocycles. The minimum Gasteiger partial charge on any atom is -0.482 e. The minimum absolute atomic E-state index is 0.0515. The van der Waals surface area contributed by atoms with Crippen molar-refractivity contribution in [2.45, 2.75) is 18.4 Å². The highest BCUT2D eigenvalue weighted by atomic mass is 16.5. The summed E-state index contributed by atoms with van der Waals surface area (Å²) >= 11 is 0. The van der Waals surface area contributed by atoms with Crippen LogP contribution in [0.25, 0.3) is 0 Å². The fraction of sp³-hybridized carbons (Fsp3) is 0.500. The average Bonchev–Trinajstić information content (AvgIpc) is 2.80. The zero-order chi connectivity index (χ0) is 10.6. The third kappa shape index (κ3) is 1.12. The van der Waals surface area contributed by atoms with Gasteiger partial charge in [-0.1, -0.05) is 0 Å². The van der Waals surface area contributed by atoms with Crippen LogP contribution >= 0.6 is 0 Å². The van der Waals surface area contributed by atoms with E-state index in [2.05, 4.69) is 5.32 Å². The predicted molar refractivity (Wildman–Crippen MR) is 53.5 cm³/mol. The van der Waals surface area contributed by atoms with E-state index in [0.29, 0.717) is 18.0 Å². The maximum absolute atomic E-state index is 11.0. The molecule has 1 aromatic heterocycles. The number of anilines is 1. The van der Waals surface area contributed by atoms with Crippen molar-refractivity contribution in [3.05, 3.63) is 11.9 Å². The maximum atomic E-state index is 11.0. The minimum atomic E-state index is -0.929. The summed E-state index contributed by atoms with van der Waals surface area (Å²) in [5, 5.41) is 12.2. The quantitative estimate of drug-likeness (QED) is 0.724. The molecule has 1 fully saturated rings. The zero-order valence-corrected chi connectivity index (χ0v) is 8.41. The Bertz CT molecular complexity index is 446. The van der Waals surface area contributed by atoms with Gasteiger partial charge in [0, 0.05) is 13.2 Å². The van der Waals surface area contributed by atoms with Crippen molar-refractivity contribution in [2.75, 3.05) is 11.9 Å². The molecule has 0 radical (unpaired) electrons. The summed E-state index contributed by atoms with van der Waals surface area (Å²) in [7, 11) is 1.71. The average molecular weight is 208 g/mol. The number of nitrogens with one attached hydrogen (secondary N) is 1. The van der Waals surface area contributed by atoms with Crippen LogP contribution < -0.4 is 10.1 Å². The van der Waals surface area contributed by atoms with Gasteiger partial charge in [-0.2, -0.15) is 0 Å². The van der Waals surface area contributed by atoms with Crippen LogP contribution in [0.15, 0.2) is 6.20 Å². The molecule has 80 valence electrons. The van der Waals surface area contributed by atoms with Gasteiger partial charge in [0.2, 0.25) is 0 Å². The van der Waals surface area contributed by atoms with Crippen LogP contribution in [0.1, 0.15) is 23.3 Å². The molecule has 0 bridgehead atoms. The number of aryl methyl sites for hydroxylation is 1. The first kappa shape index (κ1) is 8.64. The number of hydrogen-bond donors (Lipinski definition) is 2. The molecule has 0 saturated heterocycles.